The molecule has 0 radical (unpaired) electrons. The summed E-state index contributed by atoms with van der Waals surface area (Å²) in [5.41, 5.74) is 1.88. The lowest BCUT2D eigenvalue weighted by Crippen LogP contribution is -2.46. The Morgan fingerprint density at radius 1 is 1.09 bits per heavy atom. The number of rotatable bonds is 9. The Morgan fingerprint density at radius 2 is 1.86 bits per heavy atom. The number of carbonyl (C=O) groups is 2. The highest BCUT2D eigenvalue weighted by Gasteiger charge is 2.65. The number of carbonyl (C=O) groups excluding carboxylic acids is 2. The molecule has 0 saturated carbocycles. The second-order valence-corrected chi connectivity index (χ2v) is 12.7. The van der Waals surface area contributed by atoms with E-state index in [1.807, 2.05) is 66.6 Å². The van der Waals surface area contributed by atoms with Crippen LogP contribution in [0.4, 0.5) is 11.4 Å². The van der Waals surface area contributed by atoms with Crippen molar-refractivity contribution < 1.29 is 24.5 Å². The molecular formula is C33H41N5O5. The summed E-state index contributed by atoms with van der Waals surface area (Å²) in [5, 5.41) is 28.9. The SMILES string of the molecule is C[C@H]1[C@H](C(C)(C)O)[C@@H](CCn2cc(CCO)nn2)O[C@]12C(=O)N(Cc1ccc(N3CCCCC3=O)cc1)c1ccccc12. The zero-order valence-electron chi connectivity index (χ0n) is 25.1. The molecule has 1 aromatic heterocycles. The molecule has 2 aromatic carbocycles. The van der Waals surface area contributed by atoms with Crippen molar-refractivity contribution in [1.82, 2.24) is 15.0 Å². The first kappa shape index (κ1) is 29.5. The van der Waals surface area contributed by atoms with Crippen LogP contribution in [0, 0.1) is 11.8 Å². The summed E-state index contributed by atoms with van der Waals surface area (Å²) < 4.78 is 8.58. The van der Waals surface area contributed by atoms with Crippen molar-refractivity contribution in [2.75, 3.05) is 23.0 Å². The van der Waals surface area contributed by atoms with Crippen LogP contribution in [-0.4, -0.2) is 61.9 Å². The number of ether oxygens (including phenoxy) is 1. The number of aryl methyl sites for hydroxylation is 1. The van der Waals surface area contributed by atoms with Gasteiger partial charge in [0.05, 0.1) is 29.6 Å². The van der Waals surface area contributed by atoms with E-state index in [4.69, 9.17) is 4.74 Å². The molecule has 43 heavy (non-hydrogen) atoms. The molecule has 2 amide bonds. The van der Waals surface area contributed by atoms with Gasteiger partial charge in [0.25, 0.3) is 5.91 Å². The molecule has 3 aromatic rings. The number of fused-ring (bicyclic) bond motifs is 2. The van der Waals surface area contributed by atoms with Gasteiger partial charge in [0.1, 0.15) is 0 Å². The number of anilines is 2. The van der Waals surface area contributed by atoms with Crippen LogP contribution < -0.4 is 9.80 Å². The lowest BCUT2D eigenvalue weighted by molar-refractivity contribution is -0.146. The van der Waals surface area contributed by atoms with Crippen LogP contribution in [0.1, 0.15) is 63.3 Å². The topological polar surface area (TPSA) is 121 Å². The molecule has 2 saturated heterocycles. The molecule has 10 heteroatoms. The van der Waals surface area contributed by atoms with E-state index in [0.29, 0.717) is 38.0 Å². The highest BCUT2D eigenvalue weighted by molar-refractivity contribution is 6.07. The smallest absolute Gasteiger partial charge is 0.264 e. The second kappa shape index (κ2) is 11.5. The van der Waals surface area contributed by atoms with E-state index in [9.17, 15) is 19.8 Å². The molecular weight excluding hydrogens is 546 g/mol. The number of amides is 2. The Balaban J connectivity index is 1.27. The van der Waals surface area contributed by atoms with E-state index in [0.717, 1.165) is 41.9 Å². The molecule has 0 bridgehead atoms. The number of hydrogen-bond donors (Lipinski definition) is 2. The van der Waals surface area contributed by atoms with Gasteiger partial charge in [0, 0.05) is 61.8 Å². The van der Waals surface area contributed by atoms with Crippen molar-refractivity contribution in [1.29, 1.82) is 0 Å². The molecule has 10 nitrogen and oxygen atoms in total. The van der Waals surface area contributed by atoms with Crippen LogP contribution in [0.25, 0.3) is 0 Å². The first-order valence-electron chi connectivity index (χ1n) is 15.3. The largest absolute Gasteiger partial charge is 0.396 e. The average molecular weight is 588 g/mol. The quantitative estimate of drug-likeness (QED) is 0.393. The highest BCUT2D eigenvalue weighted by Crippen LogP contribution is 2.57. The number of aliphatic hydroxyl groups excluding tert-OH is 1. The van der Waals surface area contributed by atoms with Crippen molar-refractivity contribution in [3.8, 4) is 0 Å². The molecule has 2 fully saturated rings. The number of benzene rings is 2. The van der Waals surface area contributed by atoms with Gasteiger partial charge in [-0.15, -0.1) is 5.10 Å². The predicted octanol–water partition coefficient (Wildman–Crippen LogP) is 3.58. The number of hydrogen-bond acceptors (Lipinski definition) is 7. The Bertz CT molecular complexity index is 1480. The minimum Gasteiger partial charge on any atom is -0.396 e. The molecule has 3 aliphatic heterocycles. The standard InChI is InChI=1S/C33H41N5O5/c1-22-30(32(2,3)42)28(15-18-36-21-24(16-19-39)34-35-36)43-33(22)26-8-4-5-9-27(26)38(31(33)41)20-23-11-13-25(14-12-23)37-17-7-6-10-29(37)40/h4-5,8-9,11-14,21-22,28,30,39,42H,6-7,10,15-20H2,1-3H3/t22-,28+,30-,33+/m0/s1. The number of nitrogens with zero attached hydrogens (tertiary/aromatic N) is 5. The van der Waals surface area contributed by atoms with Crippen molar-refractivity contribution in [3.63, 3.8) is 0 Å². The molecule has 2 N–H and O–H groups in total. The zero-order chi connectivity index (χ0) is 30.4. The maximum Gasteiger partial charge on any atom is 0.264 e. The highest BCUT2D eigenvalue weighted by atomic mass is 16.5. The fraction of sp³-hybridized carbons (Fsp3) is 0.515. The van der Waals surface area contributed by atoms with E-state index in [2.05, 4.69) is 10.3 Å². The van der Waals surface area contributed by atoms with Gasteiger partial charge in [0.2, 0.25) is 5.91 Å². The third kappa shape index (κ3) is 5.25. The monoisotopic (exact) mass is 587 g/mol. The molecule has 3 aliphatic rings. The Hall–Kier alpha value is -3.60. The summed E-state index contributed by atoms with van der Waals surface area (Å²) in [4.78, 5) is 30.6. The van der Waals surface area contributed by atoms with Crippen molar-refractivity contribution in [3.05, 3.63) is 71.5 Å². The van der Waals surface area contributed by atoms with E-state index in [-0.39, 0.29) is 30.3 Å². The number of aromatic nitrogens is 3. The minimum atomic E-state index is -1.23. The molecule has 0 aliphatic carbocycles. The summed E-state index contributed by atoms with van der Waals surface area (Å²) in [6.45, 7) is 7.20. The van der Waals surface area contributed by atoms with Crippen LogP contribution in [0.5, 0.6) is 0 Å². The first-order chi connectivity index (χ1) is 20.6. The maximum atomic E-state index is 14.5. The van der Waals surface area contributed by atoms with Gasteiger partial charge in [-0.2, -0.15) is 0 Å². The molecule has 4 heterocycles. The van der Waals surface area contributed by atoms with Gasteiger partial charge >= 0.3 is 0 Å². The Kier molecular flexibility index (Phi) is 7.87. The molecule has 1 spiro atoms. The predicted molar refractivity (Wildman–Crippen MR) is 161 cm³/mol. The van der Waals surface area contributed by atoms with Crippen LogP contribution in [0.15, 0.2) is 54.7 Å². The molecule has 4 atom stereocenters. The molecule has 0 unspecified atom stereocenters. The first-order valence-corrected chi connectivity index (χ1v) is 15.3. The molecule has 228 valence electrons. The minimum absolute atomic E-state index is 0.00548. The van der Waals surface area contributed by atoms with Gasteiger partial charge < -0.3 is 24.7 Å². The second-order valence-electron chi connectivity index (χ2n) is 12.7. The van der Waals surface area contributed by atoms with Crippen molar-refractivity contribution in [2.24, 2.45) is 11.8 Å². The number of para-hydroxylation sites is 1. The van der Waals surface area contributed by atoms with Gasteiger partial charge in [0.15, 0.2) is 5.60 Å². The Labute approximate surface area is 252 Å². The van der Waals surface area contributed by atoms with Crippen LogP contribution in [-0.2, 0) is 39.4 Å². The van der Waals surface area contributed by atoms with E-state index in [1.165, 1.54) is 0 Å². The maximum absolute atomic E-state index is 14.5. The number of piperidine rings is 1. The van der Waals surface area contributed by atoms with E-state index >= 15 is 0 Å². The third-order valence-corrected chi connectivity index (χ3v) is 9.40. The summed E-state index contributed by atoms with van der Waals surface area (Å²) in [6.07, 6.45) is 4.90. The van der Waals surface area contributed by atoms with Gasteiger partial charge in [-0.1, -0.05) is 42.5 Å². The average Bonchev–Trinajstić information content (AvgIpc) is 3.63. The molecule has 6 rings (SSSR count). The summed E-state index contributed by atoms with van der Waals surface area (Å²) in [6, 6.07) is 15.7. The van der Waals surface area contributed by atoms with Crippen molar-refractivity contribution in [2.45, 2.75) is 83.3 Å². The van der Waals surface area contributed by atoms with Gasteiger partial charge in [-0.3, -0.25) is 14.3 Å². The summed E-state index contributed by atoms with van der Waals surface area (Å²) in [5.74, 6) is -0.586. The fourth-order valence-corrected chi connectivity index (χ4v) is 7.44. The van der Waals surface area contributed by atoms with Crippen LogP contribution in [0.3, 0.4) is 0 Å². The summed E-state index contributed by atoms with van der Waals surface area (Å²) >= 11 is 0. The van der Waals surface area contributed by atoms with Crippen LogP contribution >= 0.6 is 0 Å². The van der Waals surface area contributed by atoms with E-state index < -0.39 is 17.3 Å². The lowest BCUT2D eigenvalue weighted by atomic mass is 9.71. The van der Waals surface area contributed by atoms with Crippen LogP contribution in [0.2, 0.25) is 0 Å². The number of aliphatic hydroxyl groups is 2. The normalized spacial score (nSPS) is 25.7. The van der Waals surface area contributed by atoms with Gasteiger partial charge in [-0.05, 0) is 56.9 Å². The zero-order valence-corrected chi connectivity index (χ0v) is 25.1. The fourth-order valence-electron chi connectivity index (χ4n) is 7.44. The Morgan fingerprint density at radius 3 is 2.58 bits per heavy atom. The van der Waals surface area contributed by atoms with Gasteiger partial charge in [-0.25, -0.2) is 0 Å². The third-order valence-electron chi connectivity index (χ3n) is 9.40. The van der Waals surface area contributed by atoms with E-state index in [1.54, 1.807) is 23.4 Å². The van der Waals surface area contributed by atoms with Crippen molar-refractivity contribution >= 4 is 23.2 Å². The summed E-state index contributed by atoms with van der Waals surface area (Å²) in [7, 11) is 0. The lowest BCUT2D eigenvalue weighted by Gasteiger charge is -2.34.